The van der Waals surface area contributed by atoms with Crippen molar-refractivity contribution in [1.29, 1.82) is 0 Å². The molecular formula is C21H29N5. The fraction of sp³-hybridized carbons (Fsp3) is 0.571. The summed E-state index contributed by atoms with van der Waals surface area (Å²) in [5, 5.41) is 8.23. The van der Waals surface area contributed by atoms with Crippen LogP contribution < -0.4 is 5.32 Å². The average Bonchev–Trinajstić information content (AvgIpc) is 3.10. The predicted molar refractivity (Wildman–Crippen MR) is 103 cm³/mol. The van der Waals surface area contributed by atoms with Crippen LogP contribution in [0.3, 0.4) is 0 Å². The summed E-state index contributed by atoms with van der Waals surface area (Å²) < 4.78 is 2.18. The highest BCUT2D eigenvalue weighted by Crippen LogP contribution is 2.25. The van der Waals surface area contributed by atoms with E-state index in [2.05, 4.69) is 50.1 Å². The van der Waals surface area contributed by atoms with Gasteiger partial charge in [-0.25, -0.2) is 0 Å². The number of hydrogen-bond donors (Lipinski definition) is 1. The summed E-state index contributed by atoms with van der Waals surface area (Å²) in [7, 11) is 0. The highest BCUT2D eigenvalue weighted by Gasteiger charge is 2.27. The molecule has 1 saturated heterocycles. The van der Waals surface area contributed by atoms with E-state index in [4.69, 9.17) is 5.10 Å². The first-order valence-electron chi connectivity index (χ1n) is 10.1. The van der Waals surface area contributed by atoms with E-state index in [1.165, 1.54) is 56.8 Å². The summed E-state index contributed by atoms with van der Waals surface area (Å²) in [6.45, 7) is 8.73. The summed E-state index contributed by atoms with van der Waals surface area (Å²) in [5.74, 6) is 0. The SMILES string of the molecule is c1ccc2c(c1)CC[C@H](N1CCN(Cc3cc4n(n3)CCNC4)CC1)C2. The highest BCUT2D eigenvalue weighted by atomic mass is 15.3. The molecule has 3 heterocycles. The number of aryl methyl sites for hydroxylation is 1. The van der Waals surface area contributed by atoms with Gasteiger partial charge in [-0.3, -0.25) is 14.5 Å². The molecule has 1 fully saturated rings. The Morgan fingerprint density at radius 1 is 1.04 bits per heavy atom. The Kier molecular flexibility index (Phi) is 4.53. The van der Waals surface area contributed by atoms with Crippen LogP contribution in [-0.4, -0.2) is 58.3 Å². The largest absolute Gasteiger partial charge is 0.309 e. The first-order chi connectivity index (χ1) is 12.8. The molecule has 2 aromatic rings. The smallest absolute Gasteiger partial charge is 0.0768 e. The lowest BCUT2D eigenvalue weighted by Gasteiger charge is -2.41. The van der Waals surface area contributed by atoms with Crippen LogP contribution in [0.4, 0.5) is 0 Å². The van der Waals surface area contributed by atoms with Crippen molar-refractivity contribution in [2.45, 2.75) is 44.9 Å². The van der Waals surface area contributed by atoms with Crippen molar-refractivity contribution in [3.05, 3.63) is 52.8 Å². The maximum Gasteiger partial charge on any atom is 0.0768 e. The third-order valence-corrected chi connectivity index (χ3v) is 6.35. The van der Waals surface area contributed by atoms with E-state index >= 15 is 0 Å². The normalized spacial score (nSPS) is 24.2. The number of piperazine rings is 1. The lowest BCUT2D eigenvalue weighted by molar-refractivity contribution is 0.0848. The fourth-order valence-corrected chi connectivity index (χ4v) is 4.84. The van der Waals surface area contributed by atoms with E-state index in [1.807, 2.05) is 0 Å². The van der Waals surface area contributed by atoms with Crippen molar-refractivity contribution in [3.63, 3.8) is 0 Å². The van der Waals surface area contributed by atoms with Gasteiger partial charge < -0.3 is 5.32 Å². The van der Waals surface area contributed by atoms with Crippen molar-refractivity contribution in [3.8, 4) is 0 Å². The van der Waals surface area contributed by atoms with Crippen molar-refractivity contribution >= 4 is 0 Å². The van der Waals surface area contributed by atoms with Crippen LogP contribution in [0.1, 0.15) is 28.9 Å². The van der Waals surface area contributed by atoms with Gasteiger partial charge in [0.25, 0.3) is 0 Å². The molecule has 138 valence electrons. The van der Waals surface area contributed by atoms with Crippen LogP contribution in [0.5, 0.6) is 0 Å². The quantitative estimate of drug-likeness (QED) is 0.913. The van der Waals surface area contributed by atoms with Crippen molar-refractivity contribution < 1.29 is 0 Å². The number of hydrogen-bond acceptors (Lipinski definition) is 4. The molecule has 0 unspecified atom stereocenters. The number of fused-ring (bicyclic) bond motifs is 2. The molecule has 1 atom stereocenters. The zero-order valence-electron chi connectivity index (χ0n) is 15.5. The number of benzene rings is 1. The van der Waals surface area contributed by atoms with Crippen LogP contribution in [0.2, 0.25) is 0 Å². The lowest BCUT2D eigenvalue weighted by Crippen LogP contribution is -2.51. The first kappa shape index (κ1) is 16.5. The van der Waals surface area contributed by atoms with Crippen LogP contribution in [0, 0.1) is 0 Å². The number of nitrogens with zero attached hydrogens (tertiary/aromatic N) is 4. The van der Waals surface area contributed by atoms with Gasteiger partial charge in [-0.2, -0.15) is 5.10 Å². The maximum atomic E-state index is 4.80. The lowest BCUT2D eigenvalue weighted by atomic mass is 9.87. The standard InChI is InChI=1S/C21H29N5/c1-2-4-18-13-20(6-5-17(18)3-1)25-11-9-24(10-12-25)16-19-14-21-15-22-7-8-26(21)23-19/h1-4,14,20,22H,5-13,15-16H2/t20-/m0/s1. The number of aromatic nitrogens is 2. The zero-order valence-corrected chi connectivity index (χ0v) is 15.5. The molecule has 1 aliphatic carbocycles. The molecule has 1 aromatic heterocycles. The molecular weight excluding hydrogens is 322 g/mol. The van der Waals surface area contributed by atoms with E-state index in [0.717, 1.165) is 32.2 Å². The van der Waals surface area contributed by atoms with Gasteiger partial charge in [-0.15, -0.1) is 0 Å². The zero-order chi connectivity index (χ0) is 17.3. The summed E-state index contributed by atoms with van der Waals surface area (Å²) in [5.41, 5.74) is 5.72. The summed E-state index contributed by atoms with van der Waals surface area (Å²) in [4.78, 5) is 5.31. The first-order valence-corrected chi connectivity index (χ1v) is 10.1. The molecule has 0 spiro atoms. The molecule has 26 heavy (non-hydrogen) atoms. The van der Waals surface area contributed by atoms with E-state index in [0.29, 0.717) is 0 Å². The minimum Gasteiger partial charge on any atom is -0.309 e. The molecule has 0 saturated carbocycles. The third kappa shape index (κ3) is 3.31. The summed E-state index contributed by atoms with van der Waals surface area (Å²) in [6.07, 6.45) is 3.80. The summed E-state index contributed by atoms with van der Waals surface area (Å²) >= 11 is 0. The van der Waals surface area contributed by atoms with E-state index in [-0.39, 0.29) is 0 Å². The molecule has 3 aliphatic rings. The van der Waals surface area contributed by atoms with Crippen molar-refractivity contribution in [1.82, 2.24) is 24.9 Å². The van der Waals surface area contributed by atoms with Gasteiger partial charge in [-0.1, -0.05) is 24.3 Å². The molecule has 5 heteroatoms. The van der Waals surface area contributed by atoms with E-state index in [9.17, 15) is 0 Å². The fourth-order valence-electron chi connectivity index (χ4n) is 4.84. The van der Waals surface area contributed by atoms with Crippen molar-refractivity contribution in [2.24, 2.45) is 0 Å². The van der Waals surface area contributed by atoms with Gasteiger partial charge in [0.1, 0.15) is 0 Å². The van der Waals surface area contributed by atoms with Crippen LogP contribution in [-0.2, 0) is 32.5 Å². The minimum atomic E-state index is 0.734. The Morgan fingerprint density at radius 2 is 1.88 bits per heavy atom. The Balaban J connectivity index is 1.16. The van der Waals surface area contributed by atoms with Crippen LogP contribution in [0.25, 0.3) is 0 Å². The molecule has 1 N–H and O–H groups in total. The van der Waals surface area contributed by atoms with Gasteiger partial charge in [0.15, 0.2) is 0 Å². The third-order valence-electron chi connectivity index (χ3n) is 6.35. The van der Waals surface area contributed by atoms with Crippen molar-refractivity contribution in [2.75, 3.05) is 32.7 Å². The topological polar surface area (TPSA) is 36.3 Å². The van der Waals surface area contributed by atoms with Gasteiger partial charge >= 0.3 is 0 Å². The van der Waals surface area contributed by atoms with Crippen LogP contribution >= 0.6 is 0 Å². The number of nitrogens with one attached hydrogen (secondary N) is 1. The van der Waals surface area contributed by atoms with Gasteiger partial charge in [0.2, 0.25) is 0 Å². The average molecular weight is 351 g/mol. The second-order valence-electron chi connectivity index (χ2n) is 8.00. The number of rotatable bonds is 3. The van der Waals surface area contributed by atoms with Gasteiger partial charge in [0.05, 0.1) is 17.9 Å². The Morgan fingerprint density at radius 3 is 2.73 bits per heavy atom. The van der Waals surface area contributed by atoms with Gasteiger partial charge in [0, 0.05) is 51.9 Å². The Hall–Kier alpha value is -1.69. The molecule has 5 rings (SSSR count). The summed E-state index contributed by atoms with van der Waals surface area (Å²) in [6, 6.07) is 12.0. The Labute approximate surface area is 156 Å². The second-order valence-corrected chi connectivity index (χ2v) is 8.00. The highest BCUT2D eigenvalue weighted by molar-refractivity contribution is 5.30. The molecule has 0 amide bonds. The maximum absolute atomic E-state index is 4.80. The molecule has 5 nitrogen and oxygen atoms in total. The molecule has 2 aliphatic heterocycles. The monoisotopic (exact) mass is 351 g/mol. The Bertz CT molecular complexity index is 736. The predicted octanol–water partition coefficient (Wildman–Crippen LogP) is 1.66. The molecule has 1 aromatic carbocycles. The van der Waals surface area contributed by atoms with E-state index < -0.39 is 0 Å². The van der Waals surface area contributed by atoms with Gasteiger partial charge in [-0.05, 0) is 36.5 Å². The minimum absolute atomic E-state index is 0.734. The molecule has 0 bridgehead atoms. The molecule has 0 radical (unpaired) electrons. The van der Waals surface area contributed by atoms with E-state index in [1.54, 1.807) is 11.1 Å². The van der Waals surface area contributed by atoms with Crippen LogP contribution in [0.15, 0.2) is 30.3 Å². The second kappa shape index (κ2) is 7.14.